The van der Waals surface area contributed by atoms with E-state index in [9.17, 15) is 17.6 Å². The van der Waals surface area contributed by atoms with Crippen LogP contribution < -0.4 is 0 Å². The number of halogens is 5. The van der Waals surface area contributed by atoms with Crippen molar-refractivity contribution in [2.75, 3.05) is 0 Å². The largest absolute Gasteiger partial charge is 0.416 e. The van der Waals surface area contributed by atoms with Crippen molar-refractivity contribution in [1.29, 1.82) is 0 Å². The third-order valence-electron chi connectivity index (χ3n) is 3.17. The molecule has 0 saturated heterocycles. The first kappa shape index (κ1) is 14.0. The number of nitrogens with zero attached hydrogens (tertiary/aromatic N) is 2. The van der Waals surface area contributed by atoms with Crippen LogP contribution in [0, 0.1) is 5.82 Å². The van der Waals surface area contributed by atoms with Gasteiger partial charge in [0.25, 0.3) is 0 Å². The van der Waals surface area contributed by atoms with E-state index in [1.165, 1.54) is 12.4 Å². The monoisotopic (exact) mass is 314 g/mol. The van der Waals surface area contributed by atoms with Gasteiger partial charge in [0.1, 0.15) is 5.82 Å². The van der Waals surface area contributed by atoms with Crippen molar-refractivity contribution >= 4 is 17.8 Å². The van der Waals surface area contributed by atoms with Gasteiger partial charge in [-0.15, -0.1) is 0 Å². The molecule has 0 unspecified atom stereocenters. The van der Waals surface area contributed by atoms with E-state index in [0.717, 1.165) is 12.1 Å². The second-order valence-electron chi connectivity index (χ2n) is 4.61. The fraction of sp³-hybridized carbons (Fsp3) is 0.143. The minimum Gasteiger partial charge on any atom is -0.270 e. The van der Waals surface area contributed by atoms with Crippen molar-refractivity contribution in [2.24, 2.45) is 4.99 Å². The third kappa shape index (κ3) is 2.51. The van der Waals surface area contributed by atoms with E-state index in [1.54, 1.807) is 12.1 Å². The number of rotatable bonds is 2. The van der Waals surface area contributed by atoms with Gasteiger partial charge in [0.2, 0.25) is 0 Å². The van der Waals surface area contributed by atoms with Crippen LogP contribution in [0.4, 0.5) is 17.6 Å². The Hall–Kier alpha value is -1.95. The number of pyridine rings is 1. The maximum atomic E-state index is 13.5. The Bertz CT molecular complexity index is 717. The molecule has 0 aliphatic carbocycles. The Labute approximate surface area is 122 Å². The first-order valence-corrected chi connectivity index (χ1v) is 6.26. The molecular formula is C14H7ClF4N2. The molecule has 0 saturated carbocycles. The molecule has 1 aliphatic rings. The summed E-state index contributed by atoms with van der Waals surface area (Å²) in [4.78, 5) is 8.05. The number of aromatic nitrogens is 1. The van der Waals surface area contributed by atoms with E-state index in [0.29, 0.717) is 16.8 Å². The minimum absolute atomic E-state index is 0.0876. The van der Waals surface area contributed by atoms with Crippen molar-refractivity contribution in [3.05, 3.63) is 64.2 Å². The lowest BCUT2D eigenvalue weighted by atomic mass is 9.92. The van der Waals surface area contributed by atoms with E-state index < -0.39 is 23.1 Å². The predicted molar refractivity (Wildman–Crippen MR) is 69.9 cm³/mol. The van der Waals surface area contributed by atoms with Crippen LogP contribution in [-0.2, 0) is 11.7 Å². The second kappa shape index (κ2) is 4.53. The van der Waals surface area contributed by atoms with Crippen LogP contribution in [0.25, 0.3) is 0 Å². The number of alkyl halides is 3. The molecule has 0 amide bonds. The molecule has 0 fully saturated rings. The molecule has 2 aromatic rings. The summed E-state index contributed by atoms with van der Waals surface area (Å²) in [6.07, 6.45) is -1.83. The second-order valence-corrected chi connectivity index (χ2v) is 5.05. The zero-order chi connectivity index (χ0) is 15.3. The summed E-state index contributed by atoms with van der Waals surface area (Å²) < 4.78 is 51.8. The van der Waals surface area contributed by atoms with Crippen molar-refractivity contribution in [3.63, 3.8) is 0 Å². The summed E-state index contributed by atoms with van der Waals surface area (Å²) in [5.74, 6) is -0.969. The highest BCUT2D eigenvalue weighted by molar-refractivity contribution is 6.30. The quantitative estimate of drug-likeness (QED) is 0.762. The topological polar surface area (TPSA) is 25.2 Å². The van der Waals surface area contributed by atoms with Crippen molar-refractivity contribution in [2.45, 2.75) is 11.7 Å². The zero-order valence-electron chi connectivity index (χ0n) is 10.3. The fourth-order valence-electron chi connectivity index (χ4n) is 2.07. The molecule has 3 rings (SSSR count). The van der Waals surface area contributed by atoms with E-state index in [2.05, 4.69) is 9.98 Å². The standard InChI is InChI=1S/C14H7ClF4N2/c15-10-1-2-12(20-6-10)13(7-21-13)8-3-9(14(17,18)19)5-11(16)4-8/h1-7H/t13-/m0/s1. The molecule has 0 bridgehead atoms. The van der Waals surface area contributed by atoms with Gasteiger partial charge in [-0.3, -0.25) is 9.98 Å². The molecule has 0 N–H and O–H groups in total. The summed E-state index contributed by atoms with van der Waals surface area (Å²) in [5.41, 5.74) is -1.70. The number of benzene rings is 1. The average Bonchev–Trinajstić information content (AvgIpc) is 3.19. The Morgan fingerprint density at radius 3 is 2.33 bits per heavy atom. The first-order chi connectivity index (χ1) is 9.81. The Morgan fingerprint density at radius 2 is 1.81 bits per heavy atom. The van der Waals surface area contributed by atoms with Crippen LogP contribution in [0.3, 0.4) is 0 Å². The lowest BCUT2D eigenvalue weighted by Gasteiger charge is -2.16. The maximum absolute atomic E-state index is 13.5. The molecule has 7 heteroatoms. The van der Waals surface area contributed by atoms with Gasteiger partial charge < -0.3 is 0 Å². The lowest BCUT2D eigenvalue weighted by Crippen LogP contribution is -2.17. The predicted octanol–water partition coefficient (Wildman–Crippen LogP) is 4.22. The minimum atomic E-state index is -4.62. The molecule has 2 heterocycles. The summed E-state index contributed by atoms with van der Waals surface area (Å²) >= 11 is 5.73. The molecule has 21 heavy (non-hydrogen) atoms. The molecule has 1 aromatic carbocycles. The lowest BCUT2D eigenvalue weighted by molar-refractivity contribution is -0.137. The van der Waals surface area contributed by atoms with E-state index in [1.807, 2.05) is 0 Å². The molecular weight excluding hydrogens is 308 g/mol. The zero-order valence-corrected chi connectivity index (χ0v) is 11.1. The SMILES string of the molecule is Fc1cc(C(F)(F)F)cc([C@]2(c3ccc(Cl)cn3)C=N2)c1. The Balaban J connectivity index is 2.08. The third-order valence-corrected chi connectivity index (χ3v) is 3.39. The summed E-state index contributed by atoms with van der Waals surface area (Å²) in [6.45, 7) is 0. The smallest absolute Gasteiger partial charge is 0.270 e. The van der Waals surface area contributed by atoms with Gasteiger partial charge in [-0.2, -0.15) is 13.2 Å². The number of hydrogen-bond acceptors (Lipinski definition) is 2. The molecule has 108 valence electrons. The normalized spacial score (nSPS) is 20.6. The van der Waals surface area contributed by atoms with Crippen LogP contribution in [0.5, 0.6) is 0 Å². The Morgan fingerprint density at radius 1 is 1.10 bits per heavy atom. The highest BCUT2D eigenvalue weighted by Crippen LogP contribution is 2.42. The van der Waals surface area contributed by atoms with Gasteiger partial charge >= 0.3 is 6.18 Å². The molecule has 1 aromatic heterocycles. The first-order valence-electron chi connectivity index (χ1n) is 5.88. The van der Waals surface area contributed by atoms with Gasteiger partial charge in [0.15, 0.2) is 5.54 Å². The van der Waals surface area contributed by atoms with Crippen molar-refractivity contribution in [1.82, 2.24) is 4.98 Å². The van der Waals surface area contributed by atoms with E-state index in [-0.39, 0.29) is 5.56 Å². The van der Waals surface area contributed by atoms with Gasteiger partial charge in [0, 0.05) is 12.4 Å². The number of hydrogen-bond donors (Lipinski definition) is 0. The summed E-state index contributed by atoms with van der Waals surface area (Å²) in [5, 5.41) is 0.393. The van der Waals surface area contributed by atoms with Gasteiger partial charge in [-0.05, 0) is 35.9 Å². The molecule has 1 atom stereocenters. The summed E-state index contributed by atoms with van der Waals surface area (Å²) in [7, 11) is 0. The van der Waals surface area contributed by atoms with E-state index in [4.69, 9.17) is 11.6 Å². The van der Waals surface area contributed by atoms with Crippen molar-refractivity contribution < 1.29 is 17.6 Å². The average molecular weight is 315 g/mol. The van der Waals surface area contributed by atoms with Crippen LogP contribution in [-0.4, -0.2) is 11.2 Å². The van der Waals surface area contributed by atoms with Gasteiger partial charge in [-0.1, -0.05) is 11.6 Å². The highest BCUT2D eigenvalue weighted by atomic mass is 35.5. The summed E-state index contributed by atoms with van der Waals surface area (Å²) in [6, 6.07) is 5.46. The van der Waals surface area contributed by atoms with E-state index >= 15 is 0 Å². The van der Waals surface area contributed by atoms with Crippen LogP contribution in [0.1, 0.15) is 16.8 Å². The highest BCUT2D eigenvalue weighted by Gasteiger charge is 2.44. The fourth-order valence-corrected chi connectivity index (χ4v) is 2.18. The van der Waals surface area contributed by atoms with Crippen LogP contribution >= 0.6 is 11.6 Å². The molecule has 1 aliphatic heterocycles. The number of aliphatic imine (C=N–C) groups is 1. The Kier molecular flexibility index (Phi) is 3.02. The van der Waals surface area contributed by atoms with Gasteiger partial charge in [-0.25, -0.2) is 4.39 Å². The molecule has 0 spiro atoms. The van der Waals surface area contributed by atoms with Crippen molar-refractivity contribution in [3.8, 4) is 0 Å². The van der Waals surface area contributed by atoms with Crippen LogP contribution in [0.15, 0.2) is 41.5 Å². The van der Waals surface area contributed by atoms with Crippen LogP contribution in [0.2, 0.25) is 5.02 Å². The molecule has 0 radical (unpaired) electrons. The molecule has 2 nitrogen and oxygen atoms in total. The maximum Gasteiger partial charge on any atom is 0.416 e. The van der Waals surface area contributed by atoms with Gasteiger partial charge in [0.05, 0.1) is 16.3 Å².